The van der Waals surface area contributed by atoms with E-state index in [0.29, 0.717) is 0 Å². The van der Waals surface area contributed by atoms with Crippen LogP contribution in [0.2, 0.25) is 0 Å². The highest BCUT2D eigenvalue weighted by atomic mass is 15.1. The van der Waals surface area contributed by atoms with Crippen molar-refractivity contribution in [1.29, 1.82) is 0 Å². The lowest BCUT2D eigenvalue weighted by atomic mass is 10.1. The maximum Gasteiger partial charge on any atom is 0.0271 e. The first-order valence-electron chi connectivity index (χ1n) is 9.58. The first-order chi connectivity index (χ1) is 11.3. The molecule has 0 aliphatic heterocycles. The predicted octanol–water partition coefficient (Wildman–Crippen LogP) is 4.49. The van der Waals surface area contributed by atoms with Gasteiger partial charge in [-0.3, -0.25) is 9.88 Å². The molecule has 1 aromatic heterocycles. The molecule has 0 saturated carbocycles. The van der Waals surface area contributed by atoms with Gasteiger partial charge in [-0.2, -0.15) is 0 Å². The highest BCUT2D eigenvalue weighted by Gasteiger charge is 2.07. The van der Waals surface area contributed by atoms with Crippen molar-refractivity contribution < 1.29 is 0 Å². The SMILES string of the molecule is CCCCNCC(C)CCCN(CCCC)Cc1ccncc1. The second-order valence-corrected chi connectivity index (χ2v) is 6.79. The van der Waals surface area contributed by atoms with E-state index < -0.39 is 0 Å². The van der Waals surface area contributed by atoms with Crippen LogP contribution in [0.3, 0.4) is 0 Å². The van der Waals surface area contributed by atoms with Crippen LogP contribution in [0.15, 0.2) is 24.5 Å². The number of pyridine rings is 1. The quantitative estimate of drug-likeness (QED) is 0.512. The normalized spacial score (nSPS) is 12.7. The van der Waals surface area contributed by atoms with E-state index >= 15 is 0 Å². The van der Waals surface area contributed by atoms with Crippen molar-refractivity contribution in [2.45, 2.75) is 65.8 Å². The summed E-state index contributed by atoms with van der Waals surface area (Å²) >= 11 is 0. The standard InChI is InChI=1S/C20H37N3/c1-4-6-12-22-17-19(3)9-8-16-23(15-7-5-2)18-20-10-13-21-14-11-20/h10-11,13-14,19,22H,4-9,12,15-18H2,1-3H3. The molecule has 1 aromatic rings. The second-order valence-electron chi connectivity index (χ2n) is 6.79. The lowest BCUT2D eigenvalue weighted by Crippen LogP contribution is -2.27. The summed E-state index contributed by atoms with van der Waals surface area (Å²) in [5.74, 6) is 0.779. The monoisotopic (exact) mass is 319 g/mol. The van der Waals surface area contributed by atoms with E-state index in [1.165, 1.54) is 70.3 Å². The fraction of sp³-hybridized carbons (Fsp3) is 0.750. The summed E-state index contributed by atoms with van der Waals surface area (Å²) < 4.78 is 0. The smallest absolute Gasteiger partial charge is 0.0271 e. The summed E-state index contributed by atoms with van der Waals surface area (Å²) in [5.41, 5.74) is 1.38. The number of nitrogens with one attached hydrogen (secondary N) is 1. The molecule has 0 aromatic carbocycles. The maximum absolute atomic E-state index is 4.12. The van der Waals surface area contributed by atoms with Gasteiger partial charge in [0.15, 0.2) is 0 Å². The summed E-state index contributed by atoms with van der Waals surface area (Å²) in [7, 11) is 0. The van der Waals surface area contributed by atoms with E-state index in [2.05, 4.69) is 48.1 Å². The van der Waals surface area contributed by atoms with Gasteiger partial charge < -0.3 is 5.32 Å². The molecule has 1 rings (SSSR count). The molecule has 0 amide bonds. The van der Waals surface area contributed by atoms with Gasteiger partial charge in [0.25, 0.3) is 0 Å². The topological polar surface area (TPSA) is 28.2 Å². The summed E-state index contributed by atoms with van der Waals surface area (Å²) in [6.45, 7) is 12.7. The summed E-state index contributed by atoms with van der Waals surface area (Å²) in [6.07, 6.45) is 11.5. The molecule has 132 valence electrons. The first-order valence-corrected chi connectivity index (χ1v) is 9.58. The van der Waals surface area contributed by atoms with Gasteiger partial charge in [0.1, 0.15) is 0 Å². The molecular weight excluding hydrogens is 282 g/mol. The number of hydrogen-bond donors (Lipinski definition) is 1. The van der Waals surface area contributed by atoms with Gasteiger partial charge in [-0.15, -0.1) is 0 Å². The van der Waals surface area contributed by atoms with E-state index in [1.807, 2.05) is 12.4 Å². The van der Waals surface area contributed by atoms with Crippen LogP contribution < -0.4 is 5.32 Å². The molecule has 0 fully saturated rings. The Balaban J connectivity index is 2.25. The van der Waals surface area contributed by atoms with Crippen molar-refractivity contribution >= 4 is 0 Å². The number of hydrogen-bond acceptors (Lipinski definition) is 3. The molecule has 0 aliphatic rings. The Morgan fingerprint density at radius 1 is 1.04 bits per heavy atom. The van der Waals surface area contributed by atoms with Gasteiger partial charge in [0.2, 0.25) is 0 Å². The van der Waals surface area contributed by atoms with Crippen molar-refractivity contribution in [1.82, 2.24) is 15.2 Å². The van der Waals surface area contributed by atoms with Crippen LogP contribution in [0.4, 0.5) is 0 Å². The highest BCUT2D eigenvalue weighted by Crippen LogP contribution is 2.10. The van der Waals surface area contributed by atoms with Crippen molar-refractivity contribution in [3.63, 3.8) is 0 Å². The van der Waals surface area contributed by atoms with Gasteiger partial charge in [-0.1, -0.05) is 33.6 Å². The van der Waals surface area contributed by atoms with Gasteiger partial charge in [0, 0.05) is 18.9 Å². The fourth-order valence-corrected chi connectivity index (χ4v) is 2.81. The molecule has 3 heteroatoms. The largest absolute Gasteiger partial charge is 0.316 e. The van der Waals surface area contributed by atoms with Crippen molar-refractivity contribution in [3.05, 3.63) is 30.1 Å². The van der Waals surface area contributed by atoms with Crippen LogP contribution in [0.1, 0.15) is 64.9 Å². The van der Waals surface area contributed by atoms with Crippen LogP contribution in [-0.2, 0) is 6.54 Å². The van der Waals surface area contributed by atoms with E-state index in [9.17, 15) is 0 Å². The Morgan fingerprint density at radius 3 is 2.43 bits per heavy atom. The van der Waals surface area contributed by atoms with Gasteiger partial charge >= 0.3 is 0 Å². The molecule has 23 heavy (non-hydrogen) atoms. The summed E-state index contributed by atoms with van der Waals surface area (Å²) in [4.78, 5) is 6.72. The van der Waals surface area contributed by atoms with E-state index in [0.717, 1.165) is 12.5 Å². The van der Waals surface area contributed by atoms with Crippen molar-refractivity contribution in [2.24, 2.45) is 5.92 Å². The average molecular weight is 320 g/mol. The summed E-state index contributed by atoms with van der Waals surface area (Å²) in [5, 5.41) is 3.58. The Morgan fingerprint density at radius 2 is 1.74 bits per heavy atom. The predicted molar refractivity (Wildman–Crippen MR) is 101 cm³/mol. The van der Waals surface area contributed by atoms with Gasteiger partial charge in [0.05, 0.1) is 0 Å². The molecular formula is C20H37N3. The molecule has 0 radical (unpaired) electrons. The molecule has 1 atom stereocenters. The Kier molecular flexibility index (Phi) is 11.8. The van der Waals surface area contributed by atoms with Crippen LogP contribution in [0.25, 0.3) is 0 Å². The molecule has 0 aliphatic carbocycles. The maximum atomic E-state index is 4.12. The van der Waals surface area contributed by atoms with Crippen LogP contribution >= 0.6 is 0 Å². The van der Waals surface area contributed by atoms with Gasteiger partial charge in [-0.05, 0) is 75.5 Å². The third-order valence-electron chi connectivity index (χ3n) is 4.35. The average Bonchev–Trinajstić information content (AvgIpc) is 2.57. The molecule has 0 bridgehead atoms. The van der Waals surface area contributed by atoms with Crippen molar-refractivity contribution in [3.8, 4) is 0 Å². The number of aromatic nitrogens is 1. The minimum absolute atomic E-state index is 0.779. The first kappa shape index (κ1) is 20.1. The zero-order valence-corrected chi connectivity index (χ0v) is 15.6. The third kappa shape index (κ3) is 10.5. The number of unbranched alkanes of at least 4 members (excludes halogenated alkanes) is 2. The minimum atomic E-state index is 0.779. The van der Waals surface area contributed by atoms with Crippen LogP contribution in [-0.4, -0.2) is 36.1 Å². The zero-order valence-electron chi connectivity index (χ0n) is 15.6. The number of rotatable bonds is 14. The molecule has 1 unspecified atom stereocenters. The fourth-order valence-electron chi connectivity index (χ4n) is 2.81. The Labute approximate surface area is 143 Å². The van der Waals surface area contributed by atoms with E-state index in [1.54, 1.807) is 0 Å². The molecule has 0 spiro atoms. The molecule has 1 N–H and O–H groups in total. The van der Waals surface area contributed by atoms with Gasteiger partial charge in [-0.25, -0.2) is 0 Å². The molecule has 1 heterocycles. The second kappa shape index (κ2) is 13.5. The van der Waals surface area contributed by atoms with Crippen molar-refractivity contribution in [2.75, 3.05) is 26.2 Å². The zero-order chi connectivity index (χ0) is 16.8. The van der Waals surface area contributed by atoms with Crippen LogP contribution in [0.5, 0.6) is 0 Å². The summed E-state index contributed by atoms with van der Waals surface area (Å²) in [6, 6.07) is 4.28. The van der Waals surface area contributed by atoms with E-state index in [-0.39, 0.29) is 0 Å². The minimum Gasteiger partial charge on any atom is -0.316 e. The van der Waals surface area contributed by atoms with Crippen LogP contribution in [0, 0.1) is 5.92 Å². The Hall–Kier alpha value is -0.930. The molecule has 3 nitrogen and oxygen atoms in total. The van der Waals surface area contributed by atoms with E-state index in [4.69, 9.17) is 0 Å². The lowest BCUT2D eigenvalue weighted by Gasteiger charge is -2.23. The molecule has 0 saturated heterocycles. The lowest BCUT2D eigenvalue weighted by molar-refractivity contribution is 0.249. The third-order valence-corrected chi connectivity index (χ3v) is 4.35. The Bertz CT molecular complexity index is 366. The number of nitrogens with zero attached hydrogens (tertiary/aromatic N) is 2. The highest BCUT2D eigenvalue weighted by molar-refractivity contribution is 5.09.